The van der Waals surface area contributed by atoms with Crippen molar-refractivity contribution in [2.45, 2.75) is 39.5 Å². The third-order valence-corrected chi connectivity index (χ3v) is 3.70. The summed E-state index contributed by atoms with van der Waals surface area (Å²) < 4.78 is 0. The van der Waals surface area contributed by atoms with E-state index in [2.05, 4.69) is 34.4 Å². The highest BCUT2D eigenvalue weighted by atomic mass is 15.1. The Morgan fingerprint density at radius 1 is 1.11 bits per heavy atom. The van der Waals surface area contributed by atoms with Crippen LogP contribution in [0.15, 0.2) is 12.4 Å². The Kier molecular flexibility index (Phi) is 4.79. The summed E-state index contributed by atoms with van der Waals surface area (Å²) in [7, 11) is 0. The highest BCUT2D eigenvalue weighted by Gasteiger charge is 2.17. The second-order valence-electron chi connectivity index (χ2n) is 5.33. The molecule has 4 heteroatoms. The van der Waals surface area contributed by atoms with Crippen LogP contribution in [0.2, 0.25) is 0 Å². The normalized spacial score (nSPS) is 23.7. The van der Waals surface area contributed by atoms with Crippen LogP contribution in [0.1, 0.15) is 39.5 Å². The third-order valence-electron chi connectivity index (χ3n) is 3.70. The molecule has 0 saturated heterocycles. The van der Waals surface area contributed by atoms with Crippen LogP contribution in [-0.2, 0) is 0 Å². The van der Waals surface area contributed by atoms with Crippen LogP contribution < -0.4 is 10.6 Å². The maximum Gasteiger partial charge on any atom is 0.146 e. The first-order valence-electron chi connectivity index (χ1n) is 7.07. The van der Waals surface area contributed by atoms with E-state index in [0.29, 0.717) is 0 Å². The van der Waals surface area contributed by atoms with Gasteiger partial charge in [0.1, 0.15) is 11.6 Å². The summed E-state index contributed by atoms with van der Waals surface area (Å²) in [5, 5.41) is 6.59. The molecule has 0 aliphatic heterocycles. The average molecular weight is 248 g/mol. The lowest BCUT2D eigenvalue weighted by molar-refractivity contribution is 0.300. The van der Waals surface area contributed by atoms with Crippen molar-refractivity contribution >= 4 is 11.6 Å². The molecule has 1 aliphatic rings. The van der Waals surface area contributed by atoms with Gasteiger partial charge in [-0.15, -0.1) is 0 Å². The summed E-state index contributed by atoms with van der Waals surface area (Å²) in [4.78, 5) is 8.67. The van der Waals surface area contributed by atoms with Crippen LogP contribution in [0, 0.1) is 11.8 Å². The van der Waals surface area contributed by atoms with Crippen molar-refractivity contribution in [3.8, 4) is 0 Å². The van der Waals surface area contributed by atoms with E-state index in [1.54, 1.807) is 12.4 Å². The molecule has 1 heterocycles. The molecule has 18 heavy (non-hydrogen) atoms. The lowest BCUT2D eigenvalue weighted by Crippen LogP contribution is -2.20. The van der Waals surface area contributed by atoms with E-state index in [-0.39, 0.29) is 0 Å². The minimum absolute atomic E-state index is 0.797. The highest BCUT2D eigenvalue weighted by molar-refractivity contribution is 5.41. The van der Waals surface area contributed by atoms with Gasteiger partial charge >= 0.3 is 0 Å². The van der Waals surface area contributed by atoms with Crippen LogP contribution in [-0.4, -0.2) is 23.1 Å². The first-order valence-corrected chi connectivity index (χ1v) is 7.07. The minimum Gasteiger partial charge on any atom is -0.369 e. The molecule has 100 valence electrons. The standard InChI is InChI=1S/C14H24N4/c1-3-16-13-9-15-10-14(18-13)17-8-12-6-4-11(2)5-7-12/h9-12H,3-8H2,1-2H3,(H2,16,17,18). The number of rotatable bonds is 5. The zero-order valence-electron chi connectivity index (χ0n) is 11.4. The van der Waals surface area contributed by atoms with Gasteiger partial charge in [0.05, 0.1) is 12.4 Å². The Hall–Kier alpha value is -1.32. The van der Waals surface area contributed by atoms with Crippen LogP contribution in [0.5, 0.6) is 0 Å². The molecule has 1 saturated carbocycles. The van der Waals surface area contributed by atoms with Gasteiger partial charge in [0.25, 0.3) is 0 Å². The van der Waals surface area contributed by atoms with Gasteiger partial charge in [-0.25, -0.2) is 4.98 Å². The summed E-state index contributed by atoms with van der Waals surface area (Å²) in [6.45, 7) is 6.32. The molecule has 0 radical (unpaired) electrons. The van der Waals surface area contributed by atoms with Crippen molar-refractivity contribution < 1.29 is 0 Å². The van der Waals surface area contributed by atoms with Gasteiger partial charge in [-0.3, -0.25) is 4.98 Å². The van der Waals surface area contributed by atoms with Gasteiger partial charge < -0.3 is 10.6 Å². The number of nitrogens with one attached hydrogen (secondary N) is 2. The minimum atomic E-state index is 0.797. The first kappa shape index (κ1) is 13.1. The molecule has 0 aromatic carbocycles. The SMILES string of the molecule is CCNc1cncc(NCC2CCC(C)CC2)n1. The summed E-state index contributed by atoms with van der Waals surface area (Å²) in [5.74, 6) is 3.44. The molecule has 2 N–H and O–H groups in total. The molecular weight excluding hydrogens is 224 g/mol. The monoisotopic (exact) mass is 248 g/mol. The summed E-state index contributed by atoms with van der Waals surface area (Å²) >= 11 is 0. The number of anilines is 2. The van der Waals surface area contributed by atoms with Crippen molar-refractivity contribution in [3.05, 3.63) is 12.4 Å². The van der Waals surface area contributed by atoms with E-state index in [1.165, 1.54) is 25.7 Å². The van der Waals surface area contributed by atoms with Gasteiger partial charge in [0.15, 0.2) is 0 Å². The largest absolute Gasteiger partial charge is 0.369 e. The molecule has 1 aliphatic carbocycles. The van der Waals surface area contributed by atoms with E-state index >= 15 is 0 Å². The number of hydrogen-bond acceptors (Lipinski definition) is 4. The number of aromatic nitrogens is 2. The van der Waals surface area contributed by atoms with E-state index in [0.717, 1.165) is 36.6 Å². The predicted octanol–water partition coefficient (Wildman–Crippen LogP) is 3.15. The maximum absolute atomic E-state index is 4.48. The smallest absolute Gasteiger partial charge is 0.146 e. The van der Waals surface area contributed by atoms with Gasteiger partial charge in [-0.2, -0.15) is 0 Å². The lowest BCUT2D eigenvalue weighted by atomic mass is 9.83. The Morgan fingerprint density at radius 3 is 2.44 bits per heavy atom. The molecular formula is C14H24N4. The molecule has 0 amide bonds. The van der Waals surface area contributed by atoms with E-state index in [4.69, 9.17) is 0 Å². The van der Waals surface area contributed by atoms with Crippen LogP contribution in [0.25, 0.3) is 0 Å². The zero-order chi connectivity index (χ0) is 12.8. The summed E-state index contributed by atoms with van der Waals surface area (Å²) in [6, 6.07) is 0. The quantitative estimate of drug-likeness (QED) is 0.840. The molecule has 1 aromatic rings. The fourth-order valence-corrected chi connectivity index (χ4v) is 2.50. The average Bonchev–Trinajstić information content (AvgIpc) is 2.39. The van der Waals surface area contributed by atoms with Crippen molar-refractivity contribution in [1.82, 2.24) is 9.97 Å². The predicted molar refractivity (Wildman–Crippen MR) is 75.8 cm³/mol. The van der Waals surface area contributed by atoms with Gasteiger partial charge in [-0.1, -0.05) is 19.8 Å². The fourth-order valence-electron chi connectivity index (χ4n) is 2.50. The van der Waals surface area contributed by atoms with Crippen molar-refractivity contribution in [1.29, 1.82) is 0 Å². The number of nitrogens with zero attached hydrogens (tertiary/aromatic N) is 2. The van der Waals surface area contributed by atoms with Crippen LogP contribution in [0.3, 0.4) is 0 Å². The van der Waals surface area contributed by atoms with Crippen molar-refractivity contribution in [3.63, 3.8) is 0 Å². The van der Waals surface area contributed by atoms with E-state index in [1.807, 2.05) is 0 Å². The lowest BCUT2D eigenvalue weighted by Gasteiger charge is -2.26. The Morgan fingerprint density at radius 2 is 1.78 bits per heavy atom. The number of hydrogen-bond donors (Lipinski definition) is 2. The molecule has 0 atom stereocenters. The Labute approximate surface area is 110 Å². The second kappa shape index (κ2) is 6.57. The fraction of sp³-hybridized carbons (Fsp3) is 0.714. The van der Waals surface area contributed by atoms with Gasteiger partial charge in [-0.05, 0) is 31.6 Å². The molecule has 1 fully saturated rings. The molecule has 0 unspecified atom stereocenters. The molecule has 0 bridgehead atoms. The molecule has 2 rings (SSSR count). The summed E-state index contributed by atoms with van der Waals surface area (Å²) in [6.07, 6.45) is 8.98. The highest BCUT2D eigenvalue weighted by Crippen LogP contribution is 2.28. The second-order valence-corrected chi connectivity index (χ2v) is 5.33. The molecule has 0 spiro atoms. The maximum atomic E-state index is 4.48. The third kappa shape index (κ3) is 3.86. The van der Waals surface area contributed by atoms with Crippen molar-refractivity contribution in [2.75, 3.05) is 23.7 Å². The zero-order valence-corrected chi connectivity index (χ0v) is 11.4. The Balaban J connectivity index is 1.80. The first-order chi connectivity index (χ1) is 8.78. The van der Waals surface area contributed by atoms with Crippen LogP contribution >= 0.6 is 0 Å². The molecule has 4 nitrogen and oxygen atoms in total. The summed E-state index contributed by atoms with van der Waals surface area (Å²) in [5.41, 5.74) is 0. The topological polar surface area (TPSA) is 49.8 Å². The Bertz CT molecular complexity index is 359. The molecule has 1 aromatic heterocycles. The van der Waals surface area contributed by atoms with Crippen LogP contribution in [0.4, 0.5) is 11.6 Å². The van der Waals surface area contributed by atoms with E-state index < -0.39 is 0 Å². The van der Waals surface area contributed by atoms with Gasteiger partial charge in [0.2, 0.25) is 0 Å². The van der Waals surface area contributed by atoms with E-state index in [9.17, 15) is 0 Å². The van der Waals surface area contributed by atoms with Crippen molar-refractivity contribution in [2.24, 2.45) is 11.8 Å². The van der Waals surface area contributed by atoms with Gasteiger partial charge in [0, 0.05) is 13.1 Å².